The van der Waals surface area contributed by atoms with E-state index in [0.29, 0.717) is 0 Å². The summed E-state index contributed by atoms with van der Waals surface area (Å²) in [5.41, 5.74) is 0. The molecule has 0 heterocycles. The fourth-order valence-electron chi connectivity index (χ4n) is 1.53. The fourth-order valence-corrected chi connectivity index (χ4v) is 3.24. The van der Waals surface area contributed by atoms with Crippen LogP contribution in [0.4, 0.5) is 0 Å². The predicted octanol–water partition coefficient (Wildman–Crippen LogP) is 1.06. The van der Waals surface area contributed by atoms with E-state index in [9.17, 15) is 13.2 Å². The molecular weight excluding hydrogens is 204 g/mol. The van der Waals surface area contributed by atoms with Crippen LogP contribution in [0.1, 0.15) is 32.6 Å². The summed E-state index contributed by atoms with van der Waals surface area (Å²) in [6.45, 7) is 1.47. The molecule has 1 rings (SSSR count). The largest absolute Gasteiger partial charge is 0.481 e. The lowest BCUT2D eigenvalue weighted by Crippen LogP contribution is -2.30. The molecule has 1 unspecified atom stereocenters. The van der Waals surface area contributed by atoms with Gasteiger partial charge in [-0.05, 0) is 25.7 Å². The van der Waals surface area contributed by atoms with E-state index in [1.54, 1.807) is 0 Å². The van der Waals surface area contributed by atoms with E-state index in [4.69, 9.17) is 5.11 Å². The number of hydrogen-bond donors (Lipinski definition) is 1. The quantitative estimate of drug-likeness (QED) is 0.752. The molecule has 1 fully saturated rings. The van der Waals surface area contributed by atoms with Crippen molar-refractivity contribution in [2.75, 3.05) is 5.75 Å². The van der Waals surface area contributed by atoms with E-state index in [-0.39, 0.29) is 18.1 Å². The maximum Gasteiger partial charge on any atom is 0.304 e. The van der Waals surface area contributed by atoms with Gasteiger partial charge in [0.1, 0.15) is 0 Å². The van der Waals surface area contributed by atoms with Gasteiger partial charge in [-0.25, -0.2) is 8.42 Å². The van der Waals surface area contributed by atoms with Gasteiger partial charge < -0.3 is 5.11 Å². The van der Waals surface area contributed by atoms with E-state index < -0.39 is 21.1 Å². The molecule has 82 valence electrons. The number of carboxylic acid groups (broad SMARTS) is 1. The highest BCUT2D eigenvalue weighted by molar-refractivity contribution is 7.92. The molecule has 0 amide bonds. The van der Waals surface area contributed by atoms with Crippen LogP contribution in [0.15, 0.2) is 0 Å². The molecule has 14 heavy (non-hydrogen) atoms. The van der Waals surface area contributed by atoms with Gasteiger partial charge in [0.25, 0.3) is 0 Å². The highest BCUT2D eigenvalue weighted by Crippen LogP contribution is 2.28. The normalized spacial score (nSPS) is 20.1. The summed E-state index contributed by atoms with van der Waals surface area (Å²) in [6.07, 6.45) is 2.76. The maximum atomic E-state index is 11.6. The van der Waals surface area contributed by atoms with Gasteiger partial charge >= 0.3 is 5.97 Å². The molecule has 0 aliphatic heterocycles. The van der Waals surface area contributed by atoms with Crippen molar-refractivity contribution in [3.63, 3.8) is 0 Å². The average Bonchev–Trinajstić information content (AvgIpc) is 1.96. The molecule has 1 aliphatic carbocycles. The third-order valence-electron chi connectivity index (χ3n) is 2.77. The number of sulfone groups is 1. The van der Waals surface area contributed by atoms with Crippen molar-refractivity contribution in [2.24, 2.45) is 5.92 Å². The summed E-state index contributed by atoms with van der Waals surface area (Å²) in [5.74, 6) is -0.604. The van der Waals surface area contributed by atoms with Crippen LogP contribution in [0.5, 0.6) is 0 Å². The van der Waals surface area contributed by atoms with Gasteiger partial charge in [0, 0.05) is 0 Å². The molecular formula is C9H16O4S. The monoisotopic (exact) mass is 220 g/mol. The topological polar surface area (TPSA) is 71.4 Å². The molecule has 1 atom stereocenters. The molecule has 0 radical (unpaired) electrons. The van der Waals surface area contributed by atoms with Crippen molar-refractivity contribution in [3.05, 3.63) is 0 Å². The first-order valence-electron chi connectivity index (χ1n) is 4.85. The van der Waals surface area contributed by atoms with Crippen LogP contribution in [-0.2, 0) is 14.6 Å². The summed E-state index contributed by atoms with van der Waals surface area (Å²) >= 11 is 0. The maximum absolute atomic E-state index is 11.6. The van der Waals surface area contributed by atoms with Gasteiger partial charge in [-0.1, -0.05) is 6.42 Å². The number of aliphatic carboxylic acids is 1. The number of hydrogen-bond acceptors (Lipinski definition) is 3. The molecule has 1 aliphatic rings. The van der Waals surface area contributed by atoms with Crippen molar-refractivity contribution in [1.82, 2.24) is 0 Å². The standard InChI is InChI=1S/C9H16O4S/c1-7(5-9(10)11)14(12,13)6-8-3-2-4-8/h7-8H,2-6H2,1H3,(H,10,11). The van der Waals surface area contributed by atoms with Crippen LogP contribution in [0.25, 0.3) is 0 Å². The van der Waals surface area contributed by atoms with Crippen LogP contribution in [-0.4, -0.2) is 30.5 Å². The van der Waals surface area contributed by atoms with E-state index in [1.807, 2.05) is 0 Å². The van der Waals surface area contributed by atoms with Gasteiger partial charge in [0.15, 0.2) is 9.84 Å². The van der Waals surface area contributed by atoms with Crippen molar-refractivity contribution in [2.45, 2.75) is 37.9 Å². The molecule has 0 aromatic carbocycles. The van der Waals surface area contributed by atoms with E-state index in [0.717, 1.165) is 19.3 Å². The Morgan fingerprint density at radius 3 is 2.43 bits per heavy atom. The van der Waals surface area contributed by atoms with Crippen LogP contribution in [0, 0.1) is 5.92 Å². The molecule has 5 heteroatoms. The Balaban J connectivity index is 2.50. The van der Waals surface area contributed by atoms with Gasteiger partial charge in [-0.15, -0.1) is 0 Å². The second kappa shape index (κ2) is 4.29. The molecule has 0 saturated heterocycles. The second-order valence-electron chi connectivity index (χ2n) is 4.03. The molecule has 0 bridgehead atoms. The molecule has 0 aromatic heterocycles. The van der Waals surface area contributed by atoms with Crippen LogP contribution < -0.4 is 0 Å². The summed E-state index contributed by atoms with van der Waals surface area (Å²) in [4.78, 5) is 10.4. The van der Waals surface area contributed by atoms with Crippen molar-refractivity contribution in [1.29, 1.82) is 0 Å². The zero-order valence-electron chi connectivity index (χ0n) is 8.27. The molecule has 1 saturated carbocycles. The third-order valence-corrected chi connectivity index (χ3v) is 5.10. The van der Waals surface area contributed by atoms with Crippen molar-refractivity contribution >= 4 is 15.8 Å². The predicted molar refractivity (Wildman–Crippen MR) is 52.8 cm³/mol. The Labute approximate surface area is 84.2 Å². The van der Waals surface area contributed by atoms with E-state index in [2.05, 4.69) is 0 Å². The van der Waals surface area contributed by atoms with Crippen LogP contribution >= 0.6 is 0 Å². The zero-order chi connectivity index (χ0) is 10.8. The van der Waals surface area contributed by atoms with Crippen molar-refractivity contribution < 1.29 is 18.3 Å². The SMILES string of the molecule is CC(CC(=O)O)S(=O)(=O)CC1CCC1. The minimum atomic E-state index is -3.20. The Morgan fingerprint density at radius 2 is 2.07 bits per heavy atom. The summed E-state index contributed by atoms with van der Waals surface area (Å²) in [7, 11) is -3.20. The smallest absolute Gasteiger partial charge is 0.304 e. The minimum Gasteiger partial charge on any atom is -0.481 e. The Morgan fingerprint density at radius 1 is 1.50 bits per heavy atom. The number of carbonyl (C=O) groups is 1. The summed E-state index contributed by atoms with van der Waals surface area (Å²) in [6, 6.07) is 0. The molecule has 1 N–H and O–H groups in total. The van der Waals surface area contributed by atoms with Gasteiger partial charge in [-0.2, -0.15) is 0 Å². The number of rotatable bonds is 5. The average molecular weight is 220 g/mol. The zero-order valence-corrected chi connectivity index (χ0v) is 9.09. The van der Waals surface area contributed by atoms with Gasteiger partial charge in [0.05, 0.1) is 17.4 Å². The second-order valence-corrected chi connectivity index (χ2v) is 6.50. The van der Waals surface area contributed by atoms with Crippen LogP contribution in [0.3, 0.4) is 0 Å². The molecule has 0 aromatic rings. The Bertz CT molecular complexity index is 303. The first-order chi connectivity index (χ1) is 6.42. The first kappa shape index (κ1) is 11.5. The molecule has 0 spiro atoms. The summed E-state index contributed by atoms with van der Waals surface area (Å²) < 4.78 is 23.2. The highest BCUT2D eigenvalue weighted by atomic mass is 32.2. The minimum absolute atomic E-state index is 0.168. The highest BCUT2D eigenvalue weighted by Gasteiger charge is 2.29. The van der Waals surface area contributed by atoms with E-state index >= 15 is 0 Å². The first-order valence-corrected chi connectivity index (χ1v) is 6.56. The third kappa shape index (κ3) is 2.97. The van der Waals surface area contributed by atoms with E-state index in [1.165, 1.54) is 6.92 Å². The molecule has 4 nitrogen and oxygen atoms in total. The number of carboxylic acids is 1. The van der Waals surface area contributed by atoms with Crippen LogP contribution in [0.2, 0.25) is 0 Å². The lowest BCUT2D eigenvalue weighted by Gasteiger charge is -2.26. The van der Waals surface area contributed by atoms with Gasteiger partial charge in [-0.3, -0.25) is 4.79 Å². The Hall–Kier alpha value is -0.580. The lowest BCUT2D eigenvalue weighted by molar-refractivity contribution is -0.136. The van der Waals surface area contributed by atoms with Gasteiger partial charge in [0.2, 0.25) is 0 Å². The lowest BCUT2D eigenvalue weighted by atomic mass is 9.87. The van der Waals surface area contributed by atoms with Crippen molar-refractivity contribution in [3.8, 4) is 0 Å². The Kier molecular flexibility index (Phi) is 3.53. The fraction of sp³-hybridized carbons (Fsp3) is 0.889. The summed E-state index contributed by atoms with van der Waals surface area (Å²) in [5, 5.41) is 7.74.